The van der Waals surface area contributed by atoms with Crippen LogP contribution >= 0.6 is 0 Å². The summed E-state index contributed by atoms with van der Waals surface area (Å²) in [5.74, 6) is 0.923. The Bertz CT molecular complexity index is 685. The van der Waals surface area contributed by atoms with Gasteiger partial charge in [-0.2, -0.15) is 4.98 Å². The number of nitrogens with one attached hydrogen (secondary N) is 2. The van der Waals surface area contributed by atoms with Gasteiger partial charge in [0.25, 0.3) is 0 Å². The van der Waals surface area contributed by atoms with Gasteiger partial charge in [-0.3, -0.25) is 5.32 Å². The van der Waals surface area contributed by atoms with Crippen LogP contribution in [0.3, 0.4) is 0 Å². The standard InChI is InChI=1S/C16H28N4O4S/c1-16(2,3)12-7-5-11(6-8-12)9-17-14(21)19-15-18-13(20-24-15)10-25(4,22)23/h11-12H,5-10H2,1-4H3,(H2,17,18,19,20,21). The Hall–Kier alpha value is -1.64. The minimum atomic E-state index is -3.25. The van der Waals surface area contributed by atoms with Gasteiger partial charge in [0.2, 0.25) is 0 Å². The zero-order valence-electron chi connectivity index (χ0n) is 15.3. The number of nitrogens with zero attached hydrogens (tertiary/aromatic N) is 2. The van der Waals surface area contributed by atoms with Crippen LogP contribution < -0.4 is 10.6 Å². The molecule has 0 aromatic carbocycles. The predicted octanol–water partition coefficient (Wildman–Crippen LogP) is 2.59. The zero-order valence-corrected chi connectivity index (χ0v) is 16.1. The fourth-order valence-corrected chi connectivity index (χ4v) is 3.80. The van der Waals surface area contributed by atoms with Crippen LogP contribution in [0.4, 0.5) is 10.8 Å². The number of anilines is 1. The Morgan fingerprint density at radius 3 is 2.44 bits per heavy atom. The first-order chi connectivity index (χ1) is 11.5. The molecule has 142 valence electrons. The van der Waals surface area contributed by atoms with Crippen LogP contribution in [0.2, 0.25) is 0 Å². The summed E-state index contributed by atoms with van der Waals surface area (Å²) in [5.41, 5.74) is 0.345. The average molecular weight is 372 g/mol. The molecular formula is C16H28N4O4S. The molecule has 1 saturated carbocycles. The summed E-state index contributed by atoms with van der Waals surface area (Å²) >= 11 is 0. The highest BCUT2D eigenvalue weighted by Gasteiger charge is 2.29. The third kappa shape index (κ3) is 6.64. The molecule has 1 aromatic rings. The van der Waals surface area contributed by atoms with E-state index in [1.54, 1.807) is 0 Å². The van der Waals surface area contributed by atoms with E-state index in [9.17, 15) is 13.2 Å². The summed E-state index contributed by atoms with van der Waals surface area (Å²) in [4.78, 5) is 15.7. The van der Waals surface area contributed by atoms with E-state index in [1.165, 1.54) is 12.8 Å². The second-order valence-electron chi connectivity index (χ2n) is 8.00. The lowest BCUT2D eigenvalue weighted by atomic mass is 9.70. The second kappa shape index (κ2) is 7.72. The van der Waals surface area contributed by atoms with E-state index in [2.05, 4.69) is 41.5 Å². The Morgan fingerprint density at radius 1 is 1.24 bits per heavy atom. The fraction of sp³-hybridized carbons (Fsp3) is 0.812. The number of rotatable bonds is 5. The molecule has 0 bridgehead atoms. The molecule has 1 aliphatic rings. The molecule has 1 aromatic heterocycles. The van der Waals surface area contributed by atoms with Crippen molar-refractivity contribution in [2.75, 3.05) is 18.1 Å². The van der Waals surface area contributed by atoms with Crippen LogP contribution in [0, 0.1) is 17.3 Å². The molecule has 2 amide bonds. The summed E-state index contributed by atoms with van der Waals surface area (Å²) in [5, 5.41) is 8.78. The van der Waals surface area contributed by atoms with E-state index < -0.39 is 15.9 Å². The third-order valence-electron chi connectivity index (χ3n) is 4.70. The minimum absolute atomic E-state index is 0.0262. The third-order valence-corrected chi connectivity index (χ3v) is 5.49. The van der Waals surface area contributed by atoms with Crippen molar-refractivity contribution in [1.29, 1.82) is 0 Å². The molecule has 0 spiro atoms. The highest BCUT2D eigenvalue weighted by atomic mass is 32.2. The Labute approximate surface area is 149 Å². The lowest BCUT2D eigenvalue weighted by Gasteiger charge is -2.37. The summed E-state index contributed by atoms with van der Waals surface area (Å²) in [6.07, 6.45) is 5.69. The van der Waals surface area contributed by atoms with Crippen LogP contribution in [-0.2, 0) is 15.6 Å². The van der Waals surface area contributed by atoms with E-state index in [1.807, 2.05) is 0 Å². The lowest BCUT2D eigenvalue weighted by Crippen LogP contribution is -2.35. The molecule has 25 heavy (non-hydrogen) atoms. The van der Waals surface area contributed by atoms with Gasteiger partial charge in [-0.05, 0) is 42.9 Å². The van der Waals surface area contributed by atoms with E-state index in [4.69, 9.17) is 4.52 Å². The maximum absolute atomic E-state index is 11.9. The zero-order chi connectivity index (χ0) is 18.7. The van der Waals surface area contributed by atoms with Gasteiger partial charge in [0, 0.05) is 12.8 Å². The Morgan fingerprint density at radius 2 is 1.88 bits per heavy atom. The summed E-state index contributed by atoms with van der Waals surface area (Å²) in [7, 11) is -3.25. The predicted molar refractivity (Wildman–Crippen MR) is 94.8 cm³/mol. The van der Waals surface area contributed by atoms with Gasteiger partial charge in [-0.1, -0.05) is 25.9 Å². The largest absolute Gasteiger partial charge is 0.337 e. The van der Waals surface area contributed by atoms with E-state index in [0.29, 0.717) is 17.9 Å². The van der Waals surface area contributed by atoms with Crippen molar-refractivity contribution in [3.63, 3.8) is 0 Å². The molecule has 2 rings (SSSR count). The Kier molecular flexibility index (Phi) is 6.08. The van der Waals surface area contributed by atoms with Crippen molar-refractivity contribution >= 4 is 21.9 Å². The normalized spacial score (nSPS) is 21.8. The molecular weight excluding hydrogens is 344 g/mol. The van der Waals surface area contributed by atoms with Gasteiger partial charge in [-0.15, -0.1) is 0 Å². The van der Waals surface area contributed by atoms with Gasteiger partial charge in [0.15, 0.2) is 15.7 Å². The number of carbonyl (C=O) groups excluding carboxylic acids is 1. The average Bonchev–Trinajstić information content (AvgIpc) is 2.89. The van der Waals surface area contributed by atoms with Crippen LogP contribution in [0.15, 0.2) is 4.52 Å². The first kappa shape index (κ1) is 19.7. The molecule has 1 aliphatic carbocycles. The maximum Gasteiger partial charge on any atom is 0.329 e. The molecule has 0 saturated heterocycles. The molecule has 0 radical (unpaired) electrons. The summed E-state index contributed by atoms with van der Waals surface area (Å²) < 4.78 is 27.2. The van der Waals surface area contributed by atoms with Crippen molar-refractivity contribution in [2.24, 2.45) is 17.3 Å². The number of hydrogen-bond acceptors (Lipinski definition) is 6. The molecule has 0 atom stereocenters. The smallest absolute Gasteiger partial charge is 0.329 e. The molecule has 1 fully saturated rings. The van der Waals surface area contributed by atoms with E-state index in [0.717, 1.165) is 25.0 Å². The molecule has 0 aliphatic heterocycles. The van der Waals surface area contributed by atoms with E-state index >= 15 is 0 Å². The molecule has 0 unspecified atom stereocenters. The summed E-state index contributed by atoms with van der Waals surface area (Å²) in [6.45, 7) is 7.46. The molecule has 1 heterocycles. The van der Waals surface area contributed by atoms with Crippen LogP contribution in [0.25, 0.3) is 0 Å². The molecule has 8 nitrogen and oxygen atoms in total. The second-order valence-corrected chi connectivity index (χ2v) is 10.1. The van der Waals surface area contributed by atoms with Crippen LogP contribution in [-0.4, -0.2) is 37.4 Å². The molecule has 2 N–H and O–H groups in total. The number of urea groups is 1. The highest BCUT2D eigenvalue weighted by molar-refractivity contribution is 7.89. The maximum atomic E-state index is 11.9. The number of aromatic nitrogens is 2. The van der Waals surface area contributed by atoms with Crippen molar-refractivity contribution in [1.82, 2.24) is 15.5 Å². The van der Waals surface area contributed by atoms with Crippen molar-refractivity contribution in [2.45, 2.75) is 52.2 Å². The monoisotopic (exact) mass is 372 g/mol. The Balaban J connectivity index is 1.73. The van der Waals surface area contributed by atoms with Crippen LogP contribution in [0.1, 0.15) is 52.3 Å². The lowest BCUT2D eigenvalue weighted by molar-refractivity contribution is 0.149. The first-order valence-electron chi connectivity index (χ1n) is 8.58. The fourth-order valence-electron chi connectivity index (χ4n) is 3.21. The van der Waals surface area contributed by atoms with Crippen LogP contribution in [0.5, 0.6) is 0 Å². The number of carbonyl (C=O) groups is 1. The summed E-state index contributed by atoms with van der Waals surface area (Å²) in [6, 6.07) is -0.528. The van der Waals surface area contributed by atoms with Gasteiger partial charge in [0.05, 0.1) is 0 Å². The number of hydrogen-bond donors (Lipinski definition) is 2. The minimum Gasteiger partial charge on any atom is -0.337 e. The molecule has 9 heteroatoms. The highest BCUT2D eigenvalue weighted by Crippen LogP contribution is 2.39. The SMILES string of the molecule is CC(C)(C)C1CCC(CNC(=O)Nc2nc(CS(C)(=O)=O)no2)CC1. The number of amides is 2. The van der Waals surface area contributed by atoms with Crippen molar-refractivity contribution < 1.29 is 17.7 Å². The van der Waals surface area contributed by atoms with Crippen molar-refractivity contribution in [3.05, 3.63) is 5.82 Å². The van der Waals surface area contributed by atoms with Gasteiger partial charge in [0.1, 0.15) is 5.75 Å². The van der Waals surface area contributed by atoms with E-state index in [-0.39, 0.29) is 17.6 Å². The van der Waals surface area contributed by atoms with Gasteiger partial charge in [-0.25, -0.2) is 13.2 Å². The number of sulfone groups is 1. The van der Waals surface area contributed by atoms with Gasteiger partial charge >= 0.3 is 12.0 Å². The topological polar surface area (TPSA) is 114 Å². The van der Waals surface area contributed by atoms with Gasteiger partial charge < -0.3 is 9.84 Å². The van der Waals surface area contributed by atoms with Crippen molar-refractivity contribution in [3.8, 4) is 0 Å². The first-order valence-corrected chi connectivity index (χ1v) is 10.6. The quantitative estimate of drug-likeness (QED) is 0.821.